The number of primary amides is 1. The van der Waals surface area contributed by atoms with Crippen LogP contribution in [0.1, 0.15) is 47.2 Å². The molecule has 1 unspecified atom stereocenters. The maximum atomic E-state index is 14.0. The van der Waals surface area contributed by atoms with E-state index in [9.17, 15) is 14.0 Å². The summed E-state index contributed by atoms with van der Waals surface area (Å²) >= 11 is 0. The number of rotatable bonds is 9. The minimum Gasteiger partial charge on any atom is -0.496 e. The number of amides is 2. The van der Waals surface area contributed by atoms with Crippen LogP contribution in [-0.4, -0.2) is 86.6 Å². The molecule has 228 valence electrons. The molecule has 11 nitrogen and oxygen atoms in total. The molecule has 2 saturated heterocycles. The molecule has 2 N–H and O–H groups in total. The van der Waals surface area contributed by atoms with Crippen LogP contribution >= 0.6 is 0 Å². The van der Waals surface area contributed by atoms with Crippen LogP contribution < -0.4 is 10.5 Å². The second kappa shape index (κ2) is 12.1. The van der Waals surface area contributed by atoms with Crippen molar-refractivity contribution in [2.45, 2.75) is 36.5 Å². The van der Waals surface area contributed by atoms with Crippen molar-refractivity contribution < 1.29 is 18.7 Å². The van der Waals surface area contributed by atoms with Gasteiger partial charge in [0.2, 0.25) is 5.91 Å². The normalized spacial score (nSPS) is 20.0. The topological polar surface area (TPSA) is 132 Å². The Labute approximate surface area is 254 Å². The number of pyridine rings is 1. The maximum absolute atomic E-state index is 14.0. The lowest BCUT2D eigenvalue weighted by Gasteiger charge is -2.41. The average molecular weight is 599 g/mol. The standard InChI is InChI=1S/C32H35FN8O3/c1-44-28-9-8-26(41-22-36-37-38-41)19-27(28)29(42)40-18-11-31(21-40,23-4-6-25(33)7-5-23)10-15-39-16-12-32(13-17-39,30(34)43)24-3-2-14-35-20-24/h2-9,14,19-20,22H,10-13,15-18,21H2,1H3,(H2,34,43). The molecule has 2 fully saturated rings. The van der Waals surface area contributed by atoms with Gasteiger partial charge in [0.15, 0.2) is 0 Å². The molecule has 2 aromatic carbocycles. The number of likely N-dealkylation sites (tertiary alicyclic amines) is 2. The number of benzene rings is 2. The number of methoxy groups -OCH3 is 1. The first-order valence-electron chi connectivity index (χ1n) is 14.7. The Kier molecular flexibility index (Phi) is 8.09. The van der Waals surface area contributed by atoms with Gasteiger partial charge in [0.25, 0.3) is 5.91 Å². The van der Waals surface area contributed by atoms with Crippen molar-refractivity contribution >= 4 is 11.8 Å². The first-order valence-corrected chi connectivity index (χ1v) is 14.7. The SMILES string of the molecule is COc1ccc(-n2cnnn2)cc1C(=O)N1CCC(CCN2CCC(C(N)=O)(c3cccnc3)CC2)(c2ccc(F)cc2)C1. The fourth-order valence-electron chi connectivity index (χ4n) is 6.74. The molecule has 4 heterocycles. The average Bonchev–Trinajstić information content (AvgIpc) is 3.76. The maximum Gasteiger partial charge on any atom is 0.257 e. The number of nitrogens with zero attached hydrogens (tertiary/aromatic N) is 7. The summed E-state index contributed by atoms with van der Waals surface area (Å²) in [4.78, 5) is 35.0. The van der Waals surface area contributed by atoms with Crippen molar-refractivity contribution in [3.05, 3.63) is 95.8 Å². The zero-order valence-electron chi connectivity index (χ0n) is 24.6. The molecule has 6 rings (SSSR count). The van der Waals surface area contributed by atoms with E-state index >= 15 is 0 Å². The number of aromatic nitrogens is 5. The first kappa shape index (κ1) is 29.4. The van der Waals surface area contributed by atoms with Gasteiger partial charge in [-0.2, -0.15) is 0 Å². The van der Waals surface area contributed by atoms with Gasteiger partial charge in [-0.05, 0) is 103 Å². The predicted octanol–water partition coefficient (Wildman–Crippen LogP) is 2.90. The largest absolute Gasteiger partial charge is 0.496 e. The number of halogens is 1. The molecule has 0 saturated carbocycles. The summed E-state index contributed by atoms with van der Waals surface area (Å²) in [5.74, 6) is -0.307. The monoisotopic (exact) mass is 598 g/mol. The Bertz CT molecular complexity index is 1610. The van der Waals surface area contributed by atoms with E-state index in [2.05, 4.69) is 25.4 Å². The third kappa shape index (κ3) is 5.52. The Morgan fingerprint density at radius 3 is 2.48 bits per heavy atom. The number of hydrogen-bond acceptors (Lipinski definition) is 8. The molecule has 2 aliphatic rings. The van der Waals surface area contributed by atoms with Crippen molar-refractivity contribution in [3.8, 4) is 11.4 Å². The third-order valence-corrected chi connectivity index (χ3v) is 9.43. The molecular weight excluding hydrogens is 563 g/mol. The quantitative estimate of drug-likeness (QED) is 0.311. The van der Waals surface area contributed by atoms with Crippen LogP contribution in [0.5, 0.6) is 5.75 Å². The molecule has 0 bridgehead atoms. The summed E-state index contributed by atoms with van der Waals surface area (Å²) in [6.45, 7) is 3.20. The predicted molar refractivity (Wildman–Crippen MR) is 160 cm³/mol. The molecule has 0 aliphatic carbocycles. The van der Waals surface area contributed by atoms with Gasteiger partial charge in [0, 0.05) is 30.9 Å². The fraction of sp³-hybridized carbons (Fsp3) is 0.375. The Hall–Kier alpha value is -4.71. The van der Waals surface area contributed by atoms with Crippen LogP contribution in [0.4, 0.5) is 4.39 Å². The van der Waals surface area contributed by atoms with Crippen molar-refractivity contribution in [1.29, 1.82) is 0 Å². The number of carbonyl (C=O) groups excluding carboxylic acids is 2. The lowest BCUT2D eigenvalue weighted by Crippen LogP contribution is -2.50. The van der Waals surface area contributed by atoms with Gasteiger partial charge in [0.05, 0.1) is 23.8 Å². The lowest BCUT2D eigenvalue weighted by molar-refractivity contribution is -0.125. The van der Waals surface area contributed by atoms with Crippen LogP contribution in [0.15, 0.2) is 73.3 Å². The second-order valence-corrected chi connectivity index (χ2v) is 11.7. The summed E-state index contributed by atoms with van der Waals surface area (Å²) < 4.78 is 21.0. The second-order valence-electron chi connectivity index (χ2n) is 11.7. The van der Waals surface area contributed by atoms with Crippen LogP contribution in [0, 0.1) is 5.82 Å². The van der Waals surface area contributed by atoms with E-state index in [0.717, 1.165) is 30.5 Å². The number of nitrogens with two attached hydrogens (primary N) is 1. The molecule has 44 heavy (non-hydrogen) atoms. The molecular formula is C32H35FN8O3. The lowest BCUT2D eigenvalue weighted by atomic mass is 9.72. The highest BCUT2D eigenvalue weighted by atomic mass is 19.1. The van der Waals surface area contributed by atoms with Gasteiger partial charge >= 0.3 is 0 Å². The molecule has 2 amide bonds. The molecule has 2 aromatic heterocycles. The van der Waals surface area contributed by atoms with E-state index in [1.165, 1.54) is 30.3 Å². The number of ether oxygens (including phenoxy) is 1. The molecule has 1 atom stereocenters. The number of tetrazole rings is 1. The zero-order valence-corrected chi connectivity index (χ0v) is 24.6. The van der Waals surface area contributed by atoms with E-state index in [4.69, 9.17) is 10.5 Å². The van der Waals surface area contributed by atoms with Crippen LogP contribution in [0.25, 0.3) is 5.69 Å². The molecule has 12 heteroatoms. The molecule has 0 spiro atoms. The van der Waals surface area contributed by atoms with Crippen molar-refractivity contribution in [2.24, 2.45) is 5.73 Å². The smallest absolute Gasteiger partial charge is 0.257 e. The summed E-state index contributed by atoms with van der Waals surface area (Å²) in [7, 11) is 1.54. The van der Waals surface area contributed by atoms with Crippen LogP contribution in [0.3, 0.4) is 0 Å². The first-order chi connectivity index (χ1) is 21.3. The van der Waals surface area contributed by atoms with Crippen LogP contribution in [-0.2, 0) is 15.6 Å². The Morgan fingerprint density at radius 1 is 1.02 bits per heavy atom. The zero-order chi connectivity index (χ0) is 30.7. The van der Waals surface area contributed by atoms with Crippen molar-refractivity contribution in [3.63, 3.8) is 0 Å². The van der Waals surface area contributed by atoms with E-state index in [1.54, 1.807) is 30.6 Å². The highest BCUT2D eigenvalue weighted by molar-refractivity contribution is 5.98. The van der Waals surface area contributed by atoms with Gasteiger partial charge in [-0.15, -0.1) is 5.10 Å². The number of piperidine rings is 1. The number of carbonyl (C=O) groups is 2. The summed E-state index contributed by atoms with van der Waals surface area (Å²) in [6.07, 6.45) is 7.62. The molecule has 4 aromatic rings. The highest BCUT2D eigenvalue weighted by Gasteiger charge is 2.44. The molecule has 2 aliphatic heterocycles. The third-order valence-electron chi connectivity index (χ3n) is 9.43. The highest BCUT2D eigenvalue weighted by Crippen LogP contribution is 2.41. The van der Waals surface area contributed by atoms with E-state index < -0.39 is 5.41 Å². The van der Waals surface area contributed by atoms with Crippen molar-refractivity contribution in [1.82, 2.24) is 35.0 Å². The molecule has 0 radical (unpaired) electrons. The summed E-state index contributed by atoms with van der Waals surface area (Å²) in [5.41, 5.74) is 7.77. The van der Waals surface area contributed by atoms with Crippen LogP contribution in [0.2, 0.25) is 0 Å². The minimum atomic E-state index is -0.730. The van der Waals surface area contributed by atoms with Crippen molar-refractivity contribution in [2.75, 3.05) is 39.8 Å². The van der Waals surface area contributed by atoms with Gasteiger partial charge in [0.1, 0.15) is 17.9 Å². The van der Waals surface area contributed by atoms with E-state index in [0.29, 0.717) is 56.0 Å². The minimum absolute atomic E-state index is 0.151. The Balaban J connectivity index is 1.21. The van der Waals surface area contributed by atoms with Gasteiger partial charge in [-0.3, -0.25) is 14.6 Å². The Morgan fingerprint density at radius 2 is 1.82 bits per heavy atom. The number of hydrogen-bond donors (Lipinski definition) is 1. The summed E-state index contributed by atoms with van der Waals surface area (Å²) in [6, 6.07) is 15.7. The van der Waals surface area contributed by atoms with Gasteiger partial charge in [-0.25, -0.2) is 9.07 Å². The summed E-state index contributed by atoms with van der Waals surface area (Å²) in [5, 5.41) is 11.3. The van der Waals surface area contributed by atoms with Gasteiger partial charge in [-0.1, -0.05) is 18.2 Å². The van der Waals surface area contributed by atoms with E-state index in [1.807, 2.05) is 29.2 Å². The van der Waals surface area contributed by atoms with Gasteiger partial charge < -0.3 is 20.3 Å². The fourth-order valence-corrected chi connectivity index (χ4v) is 6.74. The van der Waals surface area contributed by atoms with E-state index in [-0.39, 0.29) is 23.0 Å².